The van der Waals surface area contributed by atoms with Crippen LogP contribution < -0.4 is 0 Å². The first kappa shape index (κ1) is 10.9. The quantitative estimate of drug-likeness (QED) is 0.278. The van der Waals surface area contributed by atoms with Crippen LogP contribution in [0.2, 0.25) is 0 Å². The Morgan fingerprint density at radius 3 is 2.33 bits per heavy atom. The molecule has 3 heteroatoms. The summed E-state index contributed by atoms with van der Waals surface area (Å²) < 4.78 is 4.44. The molecule has 0 aromatic carbocycles. The van der Waals surface area contributed by atoms with Crippen molar-refractivity contribution >= 4 is 11.8 Å². The summed E-state index contributed by atoms with van der Waals surface area (Å²) in [6, 6.07) is 0. The fourth-order valence-electron chi connectivity index (χ4n) is 0.769. The lowest BCUT2D eigenvalue weighted by Crippen LogP contribution is -2.11. The van der Waals surface area contributed by atoms with E-state index in [1.165, 1.54) is 14.0 Å². The molecule has 0 aromatic rings. The van der Waals surface area contributed by atoms with Gasteiger partial charge >= 0.3 is 5.97 Å². The fraction of sp³-hybridized carbons (Fsp3) is 0.556. The van der Waals surface area contributed by atoms with E-state index in [1.807, 2.05) is 6.92 Å². The largest absolute Gasteiger partial charge is 0.465 e. The van der Waals surface area contributed by atoms with E-state index in [2.05, 4.69) is 4.74 Å². The van der Waals surface area contributed by atoms with Crippen LogP contribution >= 0.6 is 0 Å². The number of allylic oxidation sites excluding steroid dienone is 1. The number of esters is 1. The van der Waals surface area contributed by atoms with Crippen LogP contribution in [0.4, 0.5) is 0 Å². The molecule has 0 spiro atoms. The number of ketones is 1. The maximum Gasteiger partial charge on any atom is 0.341 e. The number of carbonyl (C=O) groups is 2. The highest BCUT2D eigenvalue weighted by Crippen LogP contribution is 2.02. The molecule has 0 heterocycles. The summed E-state index contributed by atoms with van der Waals surface area (Å²) in [6.45, 7) is 3.34. The van der Waals surface area contributed by atoms with Gasteiger partial charge in [-0.3, -0.25) is 4.79 Å². The summed E-state index contributed by atoms with van der Waals surface area (Å²) in [5.41, 5.74) is 0.152. The van der Waals surface area contributed by atoms with Gasteiger partial charge in [0.05, 0.1) is 12.7 Å². The van der Waals surface area contributed by atoms with E-state index in [4.69, 9.17) is 0 Å². The van der Waals surface area contributed by atoms with Crippen molar-refractivity contribution in [2.75, 3.05) is 7.11 Å². The highest BCUT2D eigenvalue weighted by atomic mass is 16.5. The number of hydrogen-bond donors (Lipinski definition) is 0. The second kappa shape index (κ2) is 5.52. The summed E-state index contributed by atoms with van der Waals surface area (Å²) in [5.74, 6) is -0.786. The first-order valence-corrected chi connectivity index (χ1v) is 3.92. The number of Topliss-reactive ketones (excluding diaryl/α,β-unsaturated/α-hetero) is 1. The molecule has 3 nitrogen and oxygen atoms in total. The standard InChI is InChI=1S/C9H14O3/c1-4-5-6-8(7(2)10)9(11)12-3/h6H,4-5H2,1-3H3/b8-6-. The SMILES string of the molecule is CCC/C=C(/C(C)=O)C(=O)OC. The third kappa shape index (κ3) is 3.32. The van der Waals surface area contributed by atoms with Gasteiger partial charge in [0.15, 0.2) is 5.78 Å². The van der Waals surface area contributed by atoms with Crippen molar-refractivity contribution in [3.05, 3.63) is 11.6 Å². The van der Waals surface area contributed by atoms with Gasteiger partial charge in [-0.1, -0.05) is 19.4 Å². The lowest BCUT2D eigenvalue weighted by Gasteiger charge is -1.99. The second-order valence-corrected chi connectivity index (χ2v) is 2.45. The van der Waals surface area contributed by atoms with Crippen molar-refractivity contribution < 1.29 is 14.3 Å². The van der Waals surface area contributed by atoms with Gasteiger partial charge in [-0.05, 0) is 13.3 Å². The zero-order valence-corrected chi connectivity index (χ0v) is 7.72. The van der Waals surface area contributed by atoms with Crippen LogP contribution in [-0.4, -0.2) is 18.9 Å². The monoisotopic (exact) mass is 170 g/mol. The Morgan fingerprint density at radius 1 is 1.42 bits per heavy atom. The van der Waals surface area contributed by atoms with Crippen molar-refractivity contribution in [2.24, 2.45) is 0 Å². The molecule has 0 aromatic heterocycles. The molecule has 0 N–H and O–H groups in total. The molecule has 0 amide bonds. The molecule has 12 heavy (non-hydrogen) atoms. The number of hydrogen-bond acceptors (Lipinski definition) is 3. The summed E-state index contributed by atoms with van der Waals surface area (Å²) in [6.07, 6.45) is 3.26. The van der Waals surface area contributed by atoms with Crippen LogP contribution in [0.3, 0.4) is 0 Å². The van der Waals surface area contributed by atoms with E-state index in [9.17, 15) is 9.59 Å². The van der Waals surface area contributed by atoms with Crippen LogP contribution in [0, 0.1) is 0 Å². The molecule has 68 valence electrons. The Kier molecular flexibility index (Phi) is 5.00. The van der Waals surface area contributed by atoms with Crippen LogP contribution in [0.5, 0.6) is 0 Å². The first-order chi connectivity index (χ1) is 5.63. The van der Waals surface area contributed by atoms with Crippen molar-refractivity contribution in [3.8, 4) is 0 Å². The average Bonchev–Trinajstić information content (AvgIpc) is 2.04. The van der Waals surface area contributed by atoms with E-state index in [0.717, 1.165) is 12.8 Å². The molecule has 0 unspecified atom stereocenters. The minimum absolute atomic E-state index is 0.152. The van der Waals surface area contributed by atoms with Gasteiger partial charge in [-0.25, -0.2) is 4.79 Å². The summed E-state index contributed by atoms with van der Waals surface area (Å²) in [5, 5.41) is 0. The summed E-state index contributed by atoms with van der Waals surface area (Å²) in [7, 11) is 1.27. The van der Waals surface area contributed by atoms with Gasteiger partial charge in [0, 0.05) is 0 Å². The van der Waals surface area contributed by atoms with Gasteiger partial charge in [0.2, 0.25) is 0 Å². The van der Waals surface area contributed by atoms with Crippen LogP contribution in [0.15, 0.2) is 11.6 Å². The lowest BCUT2D eigenvalue weighted by molar-refractivity contribution is -0.137. The maximum atomic E-state index is 10.9. The molecular weight excluding hydrogens is 156 g/mol. The highest BCUT2D eigenvalue weighted by molar-refractivity contribution is 6.16. The number of unbranched alkanes of at least 4 members (excludes halogenated alkanes) is 1. The Bertz CT molecular complexity index is 204. The first-order valence-electron chi connectivity index (χ1n) is 3.92. The van der Waals surface area contributed by atoms with E-state index < -0.39 is 5.97 Å². The van der Waals surface area contributed by atoms with E-state index >= 15 is 0 Å². The van der Waals surface area contributed by atoms with Crippen molar-refractivity contribution in [3.63, 3.8) is 0 Å². The van der Waals surface area contributed by atoms with Gasteiger partial charge in [-0.2, -0.15) is 0 Å². The van der Waals surface area contributed by atoms with Crippen molar-refractivity contribution in [1.29, 1.82) is 0 Å². The molecule has 0 aliphatic rings. The van der Waals surface area contributed by atoms with Crippen LogP contribution in [-0.2, 0) is 14.3 Å². The molecule has 0 radical (unpaired) electrons. The highest BCUT2D eigenvalue weighted by Gasteiger charge is 2.13. The number of rotatable bonds is 4. The average molecular weight is 170 g/mol. The predicted molar refractivity (Wildman–Crippen MR) is 45.7 cm³/mol. The van der Waals surface area contributed by atoms with Crippen molar-refractivity contribution in [2.45, 2.75) is 26.7 Å². The molecule has 0 aliphatic carbocycles. The molecule has 0 bridgehead atoms. The smallest absolute Gasteiger partial charge is 0.341 e. The van der Waals surface area contributed by atoms with Gasteiger partial charge in [0.1, 0.15) is 0 Å². The van der Waals surface area contributed by atoms with Crippen LogP contribution in [0.25, 0.3) is 0 Å². The summed E-state index contributed by atoms with van der Waals surface area (Å²) >= 11 is 0. The molecule has 0 fully saturated rings. The van der Waals surface area contributed by atoms with Crippen molar-refractivity contribution in [1.82, 2.24) is 0 Å². The fourth-order valence-corrected chi connectivity index (χ4v) is 0.769. The molecule has 0 saturated carbocycles. The zero-order valence-electron chi connectivity index (χ0n) is 7.72. The maximum absolute atomic E-state index is 10.9. The lowest BCUT2D eigenvalue weighted by atomic mass is 10.1. The molecule has 0 atom stereocenters. The minimum Gasteiger partial charge on any atom is -0.465 e. The second-order valence-electron chi connectivity index (χ2n) is 2.45. The zero-order chi connectivity index (χ0) is 9.56. The minimum atomic E-state index is -0.545. The molecule has 0 saturated heterocycles. The third-order valence-corrected chi connectivity index (χ3v) is 1.42. The van der Waals surface area contributed by atoms with Gasteiger partial charge < -0.3 is 4.74 Å². The number of methoxy groups -OCH3 is 1. The Hall–Kier alpha value is -1.12. The van der Waals surface area contributed by atoms with Crippen LogP contribution in [0.1, 0.15) is 26.7 Å². The Morgan fingerprint density at radius 2 is 2.00 bits per heavy atom. The Balaban J connectivity index is 4.43. The predicted octanol–water partition coefficient (Wildman–Crippen LogP) is 1.47. The topological polar surface area (TPSA) is 43.4 Å². The van der Waals surface area contributed by atoms with E-state index in [1.54, 1.807) is 6.08 Å². The molecule has 0 rings (SSSR count). The number of carbonyl (C=O) groups excluding carboxylic acids is 2. The van der Waals surface area contributed by atoms with E-state index in [0.29, 0.717) is 0 Å². The molecular formula is C9H14O3. The Labute approximate surface area is 72.4 Å². The van der Waals surface area contributed by atoms with Gasteiger partial charge in [-0.15, -0.1) is 0 Å². The number of ether oxygens (including phenoxy) is 1. The van der Waals surface area contributed by atoms with E-state index in [-0.39, 0.29) is 11.4 Å². The van der Waals surface area contributed by atoms with Gasteiger partial charge in [0.25, 0.3) is 0 Å². The summed E-state index contributed by atoms with van der Waals surface area (Å²) in [4.78, 5) is 21.8. The third-order valence-electron chi connectivity index (χ3n) is 1.42. The normalized spacial score (nSPS) is 11.1. The molecule has 0 aliphatic heterocycles.